The number of hydrogen-bond acceptors (Lipinski definition) is 4. The van der Waals surface area contributed by atoms with Crippen LogP contribution in [-0.2, 0) is 9.47 Å². The molecule has 0 radical (unpaired) electrons. The Balaban J connectivity index is 1.91. The van der Waals surface area contributed by atoms with Crippen LogP contribution in [0, 0.1) is 6.92 Å². The highest BCUT2D eigenvalue weighted by Crippen LogP contribution is 2.22. The van der Waals surface area contributed by atoms with Gasteiger partial charge in [-0.1, -0.05) is 11.6 Å². The van der Waals surface area contributed by atoms with Crippen LogP contribution < -0.4 is 5.32 Å². The highest BCUT2D eigenvalue weighted by molar-refractivity contribution is 6.33. The van der Waals surface area contributed by atoms with Crippen molar-refractivity contribution in [2.24, 2.45) is 0 Å². The topological polar surface area (TPSA) is 60.5 Å². The molecule has 1 N–H and O–H groups in total. The van der Waals surface area contributed by atoms with Crippen molar-refractivity contribution in [2.75, 3.05) is 13.2 Å². The molecule has 1 amide bonds. The molecule has 1 aromatic heterocycles. The van der Waals surface area contributed by atoms with Crippen LogP contribution in [0.15, 0.2) is 12.3 Å². The number of amides is 1. The van der Waals surface area contributed by atoms with E-state index in [1.807, 2.05) is 20.8 Å². The molecule has 0 aromatic carbocycles. The largest absolute Gasteiger partial charge is 0.349 e. The Morgan fingerprint density at radius 1 is 1.63 bits per heavy atom. The van der Waals surface area contributed by atoms with Crippen molar-refractivity contribution >= 4 is 17.5 Å². The Kier molecular flexibility index (Phi) is 4.08. The van der Waals surface area contributed by atoms with Crippen LogP contribution >= 0.6 is 11.6 Å². The molecule has 0 bridgehead atoms. The number of nitrogens with zero attached hydrogens (tertiary/aromatic N) is 1. The molecule has 1 aliphatic heterocycles. The molecule has 1 unspecified atom stereocenters. The third-order valence-electron chi connectivity index (χ3n) is 2.79. The van der Waals surface area contributed by atoms with E-state index >= 15 is 0 Å². The summed E-state index contributed by atoms with van der Waals surface area (Å²) in [6, 6.07) is 1.66. The van der Waals surface area contributed by atoms with E-state index in [9.17, 15) is 4.79 Å². The lowest BCUT2D eigenvalue weighted by Crippen LogP contribution is -2.34. The molecule has 1 saturated heterocycles. The highest BCUT2D eigenvalue weighted by Gasteiger charge is 2.32. The van der Waals surface area contributed by atoms with E-state index in [1.54, 1.807) is 6.07 Å². The van der Waals surface area contributed by atoms with Crippen LogP contribution in [0.1, 0.15) is 29.9 Å². The number of nitrogens with one attached hydrogen (secondary N) is 1. The van der Waals surface area contributed by atoms with Gasteiger partial charge in [0.05, 0.1) is 17.2 Å². The predicted molar refractivity (Wildman–Crippen MR) is 71.2 cm³/mol. The summed E-state index contributed by atoms with van der Waals surface area (Å²) < 4.78 is 11.0. The van der Waals surface area contributed by atoms with Crippen molar-refractivity contribution in [1.29, 1.82) is 0 Å². The van der Waals surface area contributed by atoms with Crippen molar-refractivity contribution in [3.05, 3.63) is 28.5 Å². The second-order valence-corrected chi connectivity index (χ2v) is 5.37. The van der Waals surface area contributed by atoms with E-state index < -0.39 is 5.79 Å². The van der Waals surface area contributed by atoms with Crippen LogP contribution in [0.25, 0.3) is 0 Å². The Labute approximate surface area is 117 Å². The summed E-state index contributed by atoms with van der Waals surface area (Å²) >= 11 is 6.01. The maximum Gasteiger partial charge on any atom is 0.254 e. The normalized spacial score (nSPS) is 21.4. The molecule has 1 aliphatic rings. The van der Waals surface area contributed by atoms with Crippen LogP contribution in [0.2, 0.25) is 5.02 Å². The molecule has 2 rings (SSSR count). The van der Waals surface area contributed by atoms with Crippen LogP contribution in [0.4, 0.5) is 0 Å². The van der Waals surface area contributed by atoms with Gasteiger partial charge < -0.3 is 14.8 Å². The van der Waals surface area contributed by atoms with Crippen LogP contribution in [-0.4, -0.2) is 35.9 Å². The number of hydrogen-bond donors (Lipinski definition) is 1. The lowest BCUT2D eigenvalue weighted by Gasteiger charge is -2.17. The van der Waals surface area contributed by atoms with Crippen molar-refractivity contribution < 1.29 is 14.3 Å². The first-order valence-corrected chi connectivity index (χ1v) is 6.47. The summed E-state index contributed by atoms with van der Waals surface area (Å²) in [6.45, 7) is 6.35. The summed E-state index contributed by atoms with van der Waals surface area (Å²) in [5, 5.41) is 3.17. The highest BCUT2D eigenvalue weighted by atomic mass is 35.5. The first-order chi connectivity index (χ1) is 8.87. The van der Waals surface area contributed by atoms with Gasteiger partial charge in [-0.25, -0.2) is 0 Å². The third kappa shape index (κ3) is 3.65. The van der Waals surface area contributed by atoms with Gasteiger partial charge in [0, 0.05) is 18.4 Å². The van der Waals surface area contributed by atoms with E-state index in [1.165, 1.54) is 6.20 Å². The number of halogens is 1. The quantitative estimate of drug-likeness (QED) is 0.921. The maximum absolute atomic E-state index is 12.0. The van der Waals surface area contributed by atoms with Crippen LogP contribution in [0.3, 0.4) is 0 Å². The Bertz CT molecular complexity index is 491. The van der Waals surface area contributed by atoms with Gasteiger partial charge >= 0.3 is 0 Å². The summed E-state index contributed by atoms with van der Waals surface area (Å²) in [6.07, 6.45) is 1.33. The van der Waals surface area contributed by atoms with E-state index in [2.05, 4.69) is 10.3 Å². The summed E-state index contributed by atoms with van der Waals surface area (Å²) in [7, 11) is 0. The fraction of sp³-hybridized carbons (Fsp3) is 0.538. The Hall–Kier alpha value is -1.17. The molecule has 1 atom stereocenters. The standard InChI is InChI=1S/C13H17ClN2O3/c1-8-4-11(14)10(6-15-8)12(17)16-5-9-7-18-13(2,3)19-9/h4,6,9H,5,7H2,1-3H3,(H,16,17). The molecule has 2 heterocycles. The monoisotopic (exact) mass is 284 g/mol. The molecule has 0 saturated carbocycles. The minimum Gasteiger partial charge on any atom is -0.349 e. The zero-order valence-corrected chi connectivity index (χ0v) is 12.0. The number of carbonyl (C=O) groups is 1. The SMILES string of the molecule is Cc1cc(Cl)c(C(=O)NCC2COC(C)(C)O2)cn1. The summed E-state index contributed by atoms with van der Waals surface area (Å²) in [4.78, 5) is 16.0. The lowest BCUT2D eigenvalue weighted by atomic mass is 10.2. The fourth-order valence-corrected chi connectivity index (χ4v) is 2.15. The number of carbonyl (C=O) groups excluding carboxylic acids is 1. The molecule has 104 valence electrons. The summed E-state index contributed by atoms with van der Waals surface area (Å²) in [5.41, 5.74) is 1.14. The maximum atomic E-state index is 12.0. The molecular weight excluding hydrogens is 268 g/mol. The minimum atomic E-state index is -0.585. The second-order valence-electron chi connectivity index (χ2n) is 4.97. The molecule has 19 heavy (non-hydrogen) atoms. The molecule has 5 nitrogen and oxygen atoms in total. The summed E-state index contributed by atoms with van der Waals surface area (Å²) in [5.74, 6) is -0.843. The second kappa shape index (κ2) is 5.45. The Morgan fingerprint density at radius 3 is 2.95 bits per heavy atom. The van der Waals surface area contributed by atoms with Gasteiger partial charge in [0.1, 0.15) is 6.10 Å². The van der Waals surface area contributed by atoms with Crippen molar-refractivity contribution in [2.45, 2.75) is 32.7 Å². The van der Waals surface area contributed by atoms with E-state index in [0.717, 1.165) is 5.69 Å². The van der Waals surface area contributed by atoms with Gasteiger partial charge in [-0.2, -0.15) is 0 Å². The molecule has 1 aromatic rings. The first-order valence-electron chi connectivity index (χ1n) is 6.09. The van der Waals surface area contributed by atoms with Gasteiger partial charge in [0.25, 0.3) is 5.91 Å². The number of aromatic nitrogens is 1. The minimum absolute atomic E-state index is 0.142. The molecule has 0 aliphatic carbocycles. The van der Waals surface area contributed by atoms with Gasteiger partial charge in [-0.3, -0.25) is 9.78 Å². The number of pyridine rings is 1. The number of aryl methyl sites for hydroxylation is 1. The lowest BCUT2D eigenvalue weighted by molar-refractivity contribution is -0.137. The molecular formula is C13H17ClN2O3. The number of rotatable bonds is 3. The zero-order valence-electron chi connectivity index (χ0n) is 11.2. The smallest absolute Gasteiger partial charge is 0.254 e. The van der Waals surface area contributed by atoms with Crippen LogP contribution in [0.5, 0.6) is 0 Å². The van der Waals surface area contributed by atoms with E-state index in [0.29, 0.717) is 23.7 Å². The average Bonchev–Trinajstić information content (AvgIpc) is 2.66. The van der Waals surface area contributed by atoms with E-state index in [4.69, 9.17) is 21.1 Å². The van der Waals surface area contributed by atoms with Crippen molar-refractivity contribution in [3.8, 4) is 0 Å². The van der Waals surface area contributed by atoms with Gasteiger partial charge in [0.2, 0.25) is 0 Å². The Morgan fingerprint density at radius 2 is 2.37 bits per heavy atom. The number of ether oxygens (including phenoxy) is 2. The third-order valence-corrected chi connectivity index (χ3v) is 3.11. The molecule has 6 heteroatoms. The fourth-order valence-electron chi connectivity index (χ4n) is 1.86. The van der Waals surface area contributed by atoms with Gasteiger partial charge in [-0.05, 0) is 26.8 Å². The molecule has 1 fully saturated rings. The first kappa shape index (κ1) is 14.2. The predicted octanol–water partition coefficient (Wildman–Crippen LogP) is 1.92. The van der Waals surface area contributed by atoms with Gasteiger partial charge in [-0.15, -0.1) is 0 Å². The zero-order chi connectivity index (χ0) is 14.0. The van der Waals surface area contributed by atoms with Crippen molar-refractivity contribution in [3.63, 3.8) is 0 Å². The van der Waals surface area contributed by atoms with Gasteiger partial charge in [0.15, 0.2) is 5.79 Å². The van der Waals surface area contributed by atoms with Crippen molar-refractivity contribution in [1.82, 2.24) is 10.3 Å². The molecule has 0 spiro atoms. The average molecular weight is 285 g/mol. The van der Waals surface area contributed by atoms with E-state index in [-0.39, 0.29) is 12.0 Å².